The fourth-order valence-electron chi connectivity index (χ4n) is 1.38. The molecule has 0 aromatic heterocycles. The summed E-state index contributed by atoms with van der Waals surface area (Å²) in [4.78, 5) is -0.649. The molecule has 0 radical (unpaired) electrons. The van der Waals surface area contributed by atoms with E-state index in [1.165, 1.54) is 11.8 Å². The van der Waals surface area contributed by atoms with E-state index in [2.05, 4.69) is 32.0 Å². The Morgan fingerprint density at radius 2 is 2.21 bits per heavy atom. The summed E-state index contributed by atoms with van der Waals surface area (Å²) in [7, 11) is 0. The molecule has 0 heterocycles. The lowest BCUT2D eigenvalue weighted by Crippen LogP contribution is -2.23. The van der Waals surface area contributed by atoms with Crippen LogP contribution in [0.2, 0.25) is 0 Å². The molecule has 0 aromatic rings. The lowest BCUT2D eigenvalue weighted by molar-refractivity contribution is 0.319. The fraction of sp³-hybridized carbons (Fsp3) is 0.545. The largest absolute Gasteiger partial charge is 0.411 e. The minimum Gasteiger partial charge on any atom is -0.411 e. The Labute approximate surface area is 90.0 Å². The summed E-state index contributed by atoms with van der Waals surface area (Å²) in [5.74, 6) is 0. The highest BCUT2D eigenvalue weighted by atomic mass is 35.5. The Balaban J connectivity index is 2.81. The maximum absolute atomic E-state index is 8.44. The first-order valence-corrected chi connectivity index (χ1v) is 5.02. The highest BCUT2D eigenvalue weighted by Crippen LogP contribution is 2.34. The van der Waals surface area contributed by atoms with Crippen molar-refractivity contribution in [2.45, 2.75) is 32.1 Å². The zero-order valence-corrected chi connectivity index (χ0v) is 9.54. The van der Waals surface area contributed by atoms with Crippen LogP contribution in [0.3, 0.4) is 0 Å². The third-order valence-corrected chi connectivity index (χ3v) is 2.69. The minimum atomic E-state index is -0.649. The third kappa shape index (κ3) is 2.61. The Morgan fingerprint density at radius 3 is 2.57 bits per heavy atom. The molecule has 14 heavy (non-hydrogen) atoms. The molecule has 1 unspecified atom stereocenters. The van der Waals surface area contributed by atoms with Gasteiger partial charge in [0, 0.05) is 0 Å². The van der Waals surface area contributed by atoms with Gasteiger partial charge in [0.2, 0.25) is 0 Å². The Hall–Kier alpha value is -0.760. The quantitative estimate of drug-likeness (QED) is 0.308. The van der Waals surface area contributed by atoms with Crippen molar-refractivity contribution in [3.63, 3.8) is 0 Å². The molecule has 2 nitrogen and oxygen atoms in total. The molecule has 78 valence electrons. The summed E-state index contributed by atoms with van der Waals surface area (Å²) < 4.78 is 0. The summed E-state index contributed by atoms with van der Waals surface area (Å²) in [5.41, 5.74) is 1.41. The molecule has 0 bridgehead atoms. The van der Waals surface area contributed by atoms with Gasteiger partial charge < -0.3 is 5.21 Å². The van der Waals surface area contributed by atoms with E-state index >= 15 is 0 Å². The predicted octanol–water partition coefficient (Wildman–Crippen LogP) is 3.36. The van der Waals surface area contributed by atoms with Gasteiger partial charge in [-0.25, -0.2) is 0 Å². The zero-order valence-electron chi connectivity index (χ0n) is 8.79. The molecule has 1 aliphatic rings. The van der Waals surface area contributed by atoms with Gasteiger partial charge in [0.25, 0.3) is 0 Å². The highest BCUT2D eigenvalue weighted by molar-refractivity contribution is 6.34. The average Bonchev–Trinajstić information content (AvgIpc) is 2.03. The van der Waals surface area contributed by atoms with Gasteiger partial charge in [-0.05, 0) is 17.4 Å². The Morgan fingerprint density at radius 1 is 1.57 bits per heavy atom. The van der Waals surface area contributed by atoms with Gasteiger partial charge in [0.05, 0.1) is 6.21 Å². The summed E-state index contributed by atoms with van der Waals surface area (Å²) in [6.07, 6.45) is 7.98. The number of allylic oxidation sites excluding steroid dienone is 4. The van der Waals surface area contributed by atoms with Gasteiger partial charge in [-0.3, -0.25) is 0 Å². The van der Waals surface area contributed by atoms with Crippen LogP contribution in [0.15, 0.2) is 29.0 Å². The molecule has 1 aliphatic carbocycles. The van der Waals surface area contributed by atoms with Crippen molar-refractivity contribution >= 4 is 17.8 Å². The number of halogens is 1. The molecule has 1 atom stereocenters. The monoisotopic (exact) mass is 213 g/mol. The van der Waals surface area contributed by atoms with E-state index in [0.29, 0.717) is 6.42 Å². The van der Waals surface area contributed by atoms with Crippen LogP contribution in [0.25, 0.3) is 0 Å². The molecule has 3 heteroatoms. The second-order valence-corrected chi connectivity index (χ2v) is 5.32. The van der Waals surface area contributed by atoms with Crippen LogP contribution < -0.4 is 0 Å². The van der Waals surface area contributed by atoms with Gasteiger partial charge in [-0.2, -0.15) is 0 Å². The molecular weight excluding hydrogens is 198 g/mol. The smallest absolute Gasteiger partial charge is 0.105 e. The van der Waals surface area contributed by atoms with Crippen molar-refractivity contribution in [1.82, 2.24) is 0 Å². The molecule has 0 fully saturated rings. The van der Waals surface area contributed by atoms with Crippen LogP contribution in [-0.4, -0.2) is 16.3 Å². The minimum absolute atomic E-state index is 0.144. The summed E-state index contributed by atoms with van der Waals surface area (Å²) in [5, 5.41) is 11.4. The van der Waals surface area contributed by atoms with Gasteiger partial charge in [0.1, 0.15) is 4.87 Å². The van der Waals surface area contributed by atoms with E-state index in [1.54, 1.807) is 0 Å². The molecule has 0 amide bonds. The maximum Gasteiger partial charge on any atom is 0.105 e. The van der Waals surface area contributed by atoms with Crippen molar-refractivity contribution in [3.05, 3.63) is 23.8 Å². The second kappa shape index (κ2) is 3.77. The third-order valence-electron chi connectivity index (χ3n) is 2.31. The van der Waals surface area contributed by atoms with Gasteiger partial charge in [-0.15, -0.1) is 11.6 Å². The van der Waals surface area contributed by atoms with Crippen molar-refractivity contribution in [2.75, 3.05) is 0 Å². The predicted molar refractivity (Wildman–Crippen MR) is 60.2 cm³/mol. The maximum atomic E-state index is 8.44. The van der Waals surface area contributed by atoms with E-state index in [9.17, 15) is 0 Å². The van der Waals surface area contributed by atoms with Gasteiger partial charge >= 0.3 is 0 Å². The standard InChI is InChI=1S/C11H16ClNO/c1-10(2,3)9-4-6-11(12,7-5-9)8-13-14/h4-6,8,14H,7H2,1-3H3/b13-8-. The molecule has 0 saturated carbocycles. The molecule has 1 rings (SSSR count). The molecule has 0 spiro atoms. The Bertz CT molecular complexity index is 299. The molecule has 0 aliphatic heterocycles. The van der Waals surface area contributed by atoms with E-state index in [4.69, 9.17) is 16.8 Å². The number of oxime groups is 1. The van der Waals surface area contributed by atoms with Crippen molar-refractivity contribution in [1.29, 1.82) is 0 Å². The number of hydrogen-bond acceptors (Lipinski definition) is 2. The highest BCUT2D eigenvalue weighted by Gasteiger charge is 2.26. The first kappa shape index (κ1) is 11.3. The molecule has 0 aromatic carbocycles. The number of hydrogen-bond donors (Lipinski definition) is 1. The second-order valence-electron chi connectivity index (χ2n) is 4.62. The van der Waals surface area contributed by atoms with E-state index in [0.717, 1.165) is 0 Å². The zero-order chi connectivity index (χ0) is 10.8. The lowest BCUT2D eigenvalue weighted by atomic mass is 9.81. The molecule has 1 N–H and O–H groups in total. The number of nitrogens with zero attached hydrogens (tertiary/aromatic N) is 1. The fourth-order valence-corrected chi connectivity index (χ4v) is 1.56. The number of rotatable bonds is 1. The van der Waals surface area contributed by atoms with Crippen molar-refractivity contribution in [2.24, 2.45) is 10.6 Å². The van der Waals surface area contributed by atoms with Crippen molar-refractivity contribution in [3.8, 4) is 0 Å². The summed E-state index contributed by atoms with van der Waals surface area (Å²) in [6, 6.07) is 0. The first-order valence-electron chi connectivity index (χ1n) is 4.65. The number of alkyl halides is 1. The van der Waals surface area contributed by atoms with Crippen LogP contribution in [0.5, 0.6) is 0 Å². The summed E-state index contributed by atoms with van der Waals surface area (Å²) in [6.45, 7) is 6.47. The topological polar surface area (TPSA) is 32.6 Å². The van der Waals surface area contributed by atoms with Crippen LogP contribution in [0.1, 0.15) is 27.2 Å². The normalized spacial score (nSPS) is 28.1. The van der Waals surface area contributed by atoms with Crippen LogP contribution in [0, 0.1) is 5.41 Å². The lowest BCUT2D eigenvalue weighted by Gasteiger charge is -2.27. The first-order chi connectivity index (χ1) is 6.37. The van der Waals surface area contributed by atoms with E-state index in [1.807, 2.05) is 12.2 Å². The molecule has 0 saturated heterocycles. The van der Waals surface area contributed by atoms with E-state index < -0.39 is 4.87 Å². The van der Waals surface area contributed by atoms with Crippen LogP contribution in [0.4, 0.5) is 0 Å². The average molecular weight is 214 g/mol. The SMILES string of the molecule is CC(C)(C)C1=CCC(Cl)(/C=N\O)C=C1. The van der Waals surface area contributed by atoms with Crippen molar-refractivity contribution < 1.29 is 5.21 Å². The van der Waals surface area contributed by atoms with Gasteiger partial charge in [0.15, 0.2) is 0 Å². The summed E-state index contributed by atoms with van der Waals surface area (Å²) >= 11 is 6.15. The van der Waals surface area contributed by atoms with Crippen LogP contribution >= 0.6 is 11.6 Å². The van der Waals surface area contributed by atoms with Gasteiger partial charge in [-0.1, -0.05) is 44.2 Å². The van der Waals surface area contributed by atoms with E-state index in [-0.39, 0.29) is 5.41 Å². The Kier molecular flexibility index (Phi) is 3.05. The van der Waals surface area contributed by atoms with Crippen LogP contribution in [-0.2, 0) is 0 Å². The molecular formula is C11H16ClNO.